The number of carbonyl (C=O) groups is 2. The fourth-order valence-electron chi connectivity index (χ4n) is 1.81. The number of halogens is 3. The van der Waals surface area contributed by atoms with Crippen LogP contribution >= 0.6 is 12.4 Å². The van der Waals surface area contributed by atoms with Crippen LogP contribution in [0.25, 0.3) is 0 Å². The van der Waals surface area contributed by atoms with Crippen molar-refractivity contribution in [3.05, 3.63) is 35.4 Å². The molecule has 1 unspecified atom stereocenters. The number of amides is 2. The predicted molar refractivity (Wildman–Crippen MR) is 66.6 cm³/mol. The van der Waals surface area contributed by atoms with Gasteiger partial charge < -0.3 is 5.32 Å². The molecule has 1 saturated heterocycles. The Morgan fingerprint density at radius 1 is 1.26 bits per heavy atom. The standard InChI is InChI=1S/C12H12F2N2O2.ClH/c13-8-2-1-3-9(14)7(8)6-15-10-4-5-11(17)16-12(10)18;/h1-3,10,15H,4-6H2,(H,16,17,18);1H. The molecule has 1 aliphatic rings. The lowest BCUT2D eigenvalue weighted by molar-refractivity contribution is -0.134. The van der Waals surface area contributed by atoms with E-state index in [0.29, 0.717) is 6.42 Å². The molecule has 2 rings (SSSR count). The number of piperidine rings is 1. The first kappa shape index (κ1) is 15.5. The van der Waals surface area contributed by atoms with Gasteiger partial charge in [-0.15, -0.1) is 12.4 Å². The van der Waals surface area contributed by atoms with Crippen molar-refractivity contribution in [2.75, 3.05) is 0 Å². The Hall–Kier alpha value is -1.53. The normalized spacial score (nSPS) is 18.7. The van der Waals surface area contributed by atoms with E-state index in [2.05, 4.69) is 10.6 Å². The number of nitrogens with one attached hydrogen (secondary N) is 2. The van der Waals surface area contributed by atoms with Gasteiger partial charge in [0.05, 0.1) is 6.04 Å². The summed E-state index contributed by atoms with van der Waals surface area (Å²) in [5, 5.41) is 4.91. The number of carbonyl (C=O) groups excluding carboxylic acids is 2. The van der Waals surface area contributed by atoms with Gasteiger partial charge >= 0.3 is 0 Å². The van der Waals surface area contributed by atoms with E-state index in [9.17, 15) is 18.4 Å². The summed E-state index contributed by atoms with van der Waals surface area (Å²) in [6.45, 7) is -0.0925. The van der Waals surface area contributed by atoms with Crippen molar-refractivity contribution in [1.82, 2.24) is 10.6 Å². The fraction of sp³-hybridized carbons (Fsp3) is 0.333. The van der Waals surface area contributed by atoms with Crippen LogP contribution in [0.4, 0.5) is 8.78 Å². The molecule has 0 aliphatic carbocycles. The number of benzene rings is 1. The molecule has 0 saturated carbocycles. The van der Waals surface area contributed by atoms with Crippen molar-refractivity contribution in [2.45, 2.75) is 25.4 Å². The number of hydrogen-bond donors (Lipinski definition) is 2. The molecule has 2 N–H and O–H groups in total. The van der Waals surface area contributed by atoms with E-state index in [0.717, 1.165) is 12.1 Å². The average Bonchev–Trinajstić information content (AvgIpc) is 2.31. The maximum absolute atomic E-state index is 13.3. The van der Waals surface area contributed by atoms with Crippen LogP contribution in [0.15, 0.2) is 18.2 Å². The van der Waals surface area contributed by atoms with Crippen molar-refractivity contribution in [2.24, 2.45) is 0 Å². The van der Waals surface area contributed by atoms with Gasteiger partial charge in [0.15, 0.2) is 0 Å². The predicted octanol–water partition coefficient (Wildman–Crippen LogP) is 1.28. The Morgan fingerprint density at radius 2 is 1.89 bits per heavy atom. The maximum atomic E-state index is 13.3. The van der Waals surface area contributed by atoms with Crippen LogP contribution in [0.2, 0.25) is 0 Å². The zero-order chi connectivity index (χ0) is 13.1. The quantitative estimate of drug-likeness (QED) is 0.825. The highest BCUT2D eigenvalue weighted by atomic mass is 35.5. The van der Waals surface area contributed by atoms with E-state index >= 15 is 0 Å². The lowest BCUT2D eigenvalue weighted by Gasteiger charge is -2.22. The molecule has 0 spiro atoms. The van der Waals surface area contributed by atoms with Crippen molar-refractivity contribution >= 4 is 24.2 Å². The third-order valence-corrected chi connectivity index (χ3v) is 2.83. The van der Waals surface area contributed by atoms with E-state index in [1.165, 1.54) is 6.07 Å². The summed E-state index contributed by atoms with van der Waals surface area (Å²) in [6.07, 6.45) is 0.559. The van der Waals surface area contributed by atoms with Gasteiger partial charge in [-0.2, -0.15) is 0 Å². The number of rotatable bonds is 3. The Labute approximate surface area is 115 Å². The Morgan fingerprint density at radius 3 is 2.47 bits per heavy atom. The Bertz CT molecular complexity index is 476. The molecule has 1 aromatic carbocycles. The van der Waals surface area contributed by atoms with Crippen LogP contribution in [0.3, 0.4) is 0 Å². The molecule has 1 aromatic rings. The highest BCUT2D eigenvalue weighted by molar-refractivity contribution is 6.00. The topological polar surface area (TPSA) is 58.2 Å². The second-order valence-corrected chi connectivity index (χ2v) is 4.08. The minimum Gasteiger partial charge on any atom is -0.302 e. The van der Waals surface area contributed by atoms with Gasteiger partial charge in [-0.05, 0) is 18.6 Å². The molecule has 1 aliphatic heterocycles. The van der Waals surface area contributed by atoms with E-state index in [4.69, 9.17) is 0 Å². The summed E-state index contributed by atoms with van der Waals surface area (Å²) in [7, 11) is 0. The summed E-state index contributed by atoms with van der Waals surface area (Å²) in [6, 6.07) is 3.00. The fourth-order valence-corrected chi connectivity index (χ4v) is 1.81. The van der Waals surface area contributed by atoms with Crippen LogP contribution in [-0.2, 0) is 16.1 Å². The van der Waals surface area contributed by atoms with Crippen LogP contribution < -0.4 is 10.6 Å². The summed E-state index contributed by atoms with van der Waals surface area (Å²) >= 11 is 0. The first-order chi connectivity index (χ1) is 8.58. The van der Waals surface area contributed by atoms with E-state index < -0.39 is 23.6 Å². The average molecular weight is 291 g/mol. The SMILES string of the molecule is Cl.O=C1CCC(NCc2c(F)cccc2F)C(=O)N1. The molecule has 1 fully saturated rings. The first-order valence-electron chi connectivity index (χ1n) is 5.58. The van der Waals surface area contributed by atoms with Crippen molar-refractivity contribution in [1.29, 1.82) is 0 Å². The van der Waals surface area contributed by atoms with Crippen LogP contribution in [0, 0.1) is 11.6 Å². The maximum Gasteiger partial charge on any atom is 0.243 e. The van der Waals surface area contributed by atoms with Gasteiger partial charge in [0, 0.05) is 18.5 Å². The van der Waals surface area contributed by atoms with Gasteiger partial charge in [0.1, 0.15) is 11.6 Å². The van der Waals surface area contributed by atoms with Gasteiger partial charge in [-0.25, -0.2) is 8.78 Å². The zero-order valence-electron chi connectivity index (χ0n) is 9.91. The Balaban J connectivity index is 0.00000180. The first-order valence-corrected chi connectivity index (χ1v) is 5.58. The molecular weight excluding hydrogens is 278 g/mol. The van der Waals surface area contributed by atoms with Crippen LogP contribution in [0.5, 0.6) is 0 Å². The smallest absolute Gasteiger partial charge is 0.243 e. The molecule has 1 heterocycles. The molecule has 0 aromatic heterocycles. The lowest BCUT2D eigenvalue weighted by Crippen LogP contribution is -2.50. The van der Waals surface area contributed by atoms with Gasteiger partial charge in [-0.1, -0.05) is 6.07 Å². The summed E-state index contributed by atoms with van der Waals surface area (Å²) in [4.78, 5) is 22.3. The molecular formula is C12H13ClF2N2O2. The van der Waals surface area contributed by atoms with Crippen molar-refractivity contribution in [3.8, 4) is 0 Å². The van der Waals surface area contributed by atoms with E-state index in [-0.39, 0.29) is 36.8 Å². The third-order valence-electron chi connectivity index (χ3n) is 2.83. The third kappa shape index (κ3) is 3.71. The zero-order valence-corrected chi connectivity index (χ0v) is 10.7. The molecule has 0 radical (unpaired) electrons. The second kappa shape index (κ2) is 6.58. The number of hydrogen-bond acceptors (Lipinski definition) is 3. The Kier molecular flexibility index (Phi) is 5.38. The lowest BCUT2D eigenvalue weighted by atomic mass is 10.1. The molecule has 0 bridgehead atoms. The van der Waals surface area contributed by atoms with Crippen LogP contribution in [0.1, 0.15) is 18.4 Å². The molecule has 1 atom stereocenters. The van der Waals surface area contributed by atoms with Crippen molar-refractivity contribution in [3.63, 3.8) is 0 Å². The molecule has 4 nitrogen and oxygen atoms in total. The van der Waals surface area contributed by atoms with Crippen LogP contribution in [-0.4, -0.2) is 17.9 Å². The molecule has 104 valence electrons. The van der Waals surface area contributed by atoms with Gasteiger partial charge in [0.25, 0.3) is 0 Å². The molecule has 19 heavy (non-hydrogen) atoms. The van der Waals surface area contributed by atoms with E-state index in [1.807, 2.05) is 0 Å². The summed E-state index contributed by atoms with van der Waals surface area (Å²) in [5.74, 6) is -2.09. The summed E-state index contributed by atoms with van der Waals surface area (Å²) < 4.78 is 26.7. The minimum atomic E-state index is -0.658. The highest BCUT2D eigenvalue weighted by Crippen LogP contribution is 2.13. The molecule has 2 amide bonds. The largest absolute Gasteiger partial charge is 0.302 e. The van der Waals surface area contributed by atoms with Crippen molar-refractivity contribution < 1.29 is 18.4 Å². The molecule has 7 heteroatoms. The monoisotopic (exact) mass is 290 g/mol. The summed E-state index contributed by atoms with van der Waals surface area (Å²) in [5.41, 5.74) is -0.109. The number of imide groups is 1. The van der Waals surface area contributed by atoms with Gasteiger partial charge in [0.2, 0.25) is 11.8 Å². The van der Waals surface area contributed by atoms with E-state index in [1.54, 1.807) is 0 Å². The minimum absolute atomic E-state index is 0. The highest BCUT2D eigenvalue weighted by Gasteiger charge is 2.26. The van der Waals surface area contributed by atoms with Gasteiger partial charge in [-0.3, -0.25) is 14.9 Å². The second-order valence-electron chi connectivity index (χ2n) is 4.08.